The van der Waals surface area contributed by atoms with Gasteiger partial charge in [-0.3, -0.25) is 9.59 Å². The van der Waals surface area contributed by atoms with Crippen LogP contribution < -0.4 is 10.6 Å². The Morgan fingerprint density at radius 1 is 1.07 bits per heavy atom. The third-order valence-corrected chi connectivity index (χ3v) is 6.18. The van der Waals surface area contributed by atoms with E-state index in [2.05, 4.69) is 10.6 Å². The number of carbonyl (C=O) groups excluding carboxylic acids is 2. The normalized spacial score (nSPS) is 11.3. The molecule has 0 spiro atoms. The Hall–Kier alpha value is -2.42. The number of halogens is 1. The second-order valence-corrected chi connectivity index (χ2v) is 8.89. The number of rotatable bonds is 7. The van der Waals surface area contributed by atoms with Crippen molar-refractivity contribution in [2.24, 2.45) is 0 Å². The smallest absolute Gasteiger partial charge is 0.251 e. The quantitative estimate of drug-likeness (QED) is 0.715. The number of aryl methyl sites for hydroxylation is 1. The lowest BCUT2D eigenvalue weighted by atomic mass is 10.2. The summed E-state index contributed by atoms with van der Waals surface area (Å²) in [6.07, 6.45) is 0.0446. The summed E-state index contributed by atoms with van der Waals surface area (Å²) >= 11 is 5.78. The van der Waals surface area contributed by atoms with Crippen LogP contribution in [0, 0.1) is 6.92 Å². The minimum atomic E-state index is -3.61. The second kappa shape index (κ2) is 9.18. The summed E-state index contributed by atoms with van der Waals surface area (Å²) in [5.74, 6) is -0.646. The number of hydrogen-bond donors (Lipinski definition) is 2. The summed E-state index contributed by atoms with van der Waals surface area (Å²) in [6.45, 7) is 1.83. The average Bonchev–Trinajstić information content (AvgIpc) is 2.63. The summed E-state index contributed by atoms with van der Waals surface area (Å²) in [7, 11) is -0.717. The highest BCUT2D eigenvalue weighted by atomic mass is 35.5. The molecule has 0 unspecified atom stereocenters. The van der Waals surface area contributed by atoms with Crippen LogP contribution in [0.2, 0.25) is 5.02 Å². The molecule has 28 heavy (non-hydrogen) atoms. The first kappa shape index (κ1) is 21.9. The lowest BCUT2D eigenvalue weighted by Crippen LogP contribution is -2.27. The third-order valence-electron chi connectivity index (χ3n) is 3.97. The minimum Gasteiger partial charge on any atom is -0.352 e. The van der Waals surface area contributed by atoms with Crippen LogP contribution in [0.5, 0.6) is 0 Å². The number of carbonyl (C=O) groups is 2. The first-order valence-electron chi connectivity index (χ1n) is 8.48. The molecule has 9 heteroatoms. The zero-order chi connectivity index (χ0) is 20.9. The number of anilines is 1. The van der Waals surface area contributed by atoms with Gasteiger partial charge >= 0.3 is 0 Å². The summed E-state index contributed by atoms with van der Waals surface area (Å²) in [6, 6.07) is 11.1. The van der Waals surface area contributed by atoms with Crippen LogP contribution in [0.1, 0.15) is 22.3 Å². The van der Waals surface area contributed by atoms with Crippen LogP contribution in [0.4, 0.5) is 5.69 Å². The maximum absolute atomic E-state index is 12.4. The van der Waals surface area contributed by atoms with Crippen molar-refractivity contribution in [1.82, 2.24) is 9.62 Å². The maximum atomic E-state index is 12.4. The molecule has 7 nitrogen and oxygen atoms in total. The Morgan fingerprint density at radius 3 is 2.32 bits per heavy atom. The maximum Gasteiger partial charge on any atom is 0.251 e. The minimum absolute atomic E-state index is 0.0446. The predicted molar refractivity (Wildman–Crippen MR) is 109 cm³/mol. The number of hydrogen-bond acceptors (Lipinski definition) is 4. The number of sulfonamides is 1. The van der Waals surface area contributed by atoms with Gasteiger partial charge in [-0.05, 0) is 48.9 Å². The average molecular weight is 424 g/mol. The Labute approximate surface area is 169 Å². The molecule has 0 aliphatic rings. The molecule has 0 bridgehead atoms. The number of nitrogens with one attached hydrogen (secondary N) is 2. The van der Waals surface area contributed by atoms with Gasteiger partial charge in [0.15, 0.2) is 0 Å². The lowest BCUT2D eigenvalue weighted by molar-refractivity contribution is -0.116. The zero-order valence-electron chi connectivity index (χ0n) is 15.8. The predicted octanol–water partition coefficient (Wildman–Crippen LogP) is 2.66. The van der Waals surface area contributed by atoms with Gasteiger partial charge in [0.1, 0.15) is 0 Å². The molecular weight excluding hydrogens is 402 g/mol. The molecule has 2 N–H and O–H groups in total. The van der Waals surface area contributed by atoms with E-state index in [9.17, 15) is 18.0 Å². The summed E-state index contributed by atoms with van der Waals surface area (Å²) in [4.78, 5) is 24.2. The van der Waals surface area contributed by atoms with Crippen molar-refractivity contribution >= 4 is 39.1 Å². The molecule has 0 radical (unpaired) electrons. The van der Waals surface area contributed by atoms with E-state index in [-0.39, 0.29) is 29.7 Å². The van der Waals surface area contributed by atoms with E-state index in [4.69, 9.17) is 11.6 Å². The number of nitrogens with zero attached hydrogens (tertiary/aromatic N) is 1. The fraction of sp³-hybridized carbons (Fsp3) is 0.263. The molecule has 0 aliphatic heterocycles. The first-order chi connectivity index (χ1) is 13.1. The lowest BCUT2D eigenvalue weighted by Gasteiger charge is -2.15. The van der Waals surface area contributed by atoms with Crippen molar-refractivity contribution in [3.8, 4) is 0 Å². The standard InChI is InChI=1S/C19H22ClN3O4S/c1-13-4-9-16(12-17(13)28(26,27)23(2)3)22-18(24)10-11-21-19(25)14-5-7-15(20)8-6-14/h4-9,12H,10-11H2,1-3H3,(H,21,25)(H,22,24). The molecule has 0 saturated heterocycles. The van der Waals surface area contributed by atoms with Gasteiger partial charge < -0.3 is 10.6 Å². The van der Waals surface area contributed by atoms with E-state index in [1.807, 2.05) is 0 Å². The van der Waals surface area contributed by atoms with Gasteiger partial charge in [-0.25, -0.2) is 12.7 Å². The van der Waals surface area contributed by atoms with Crippen LogP contribution in [-0.4, -0.2) is 45.2 Å². The monoisotopic (exact) mass is 423 g/mol. The molecular formula is C19H22ClN3O4S. The van der Waals surface area contributed by atoms with Crippen LogP contribution in [0.15, 0.2) is 47.4 Å². The molecule has 2 aromatic rings. The molecule has 2 rings (SSSR count). The molecule has 150 valence electrons. The molecule has 0 saturated carbocycles. The van der Waals surface area contributed by atoms with Crippen molar-refractivity contribution < 1.29 is 18.0 Å². The highest BCUT2D eigenvalue weighted by Crippen LogP contribution is 2.22. The van der Waals surface area contributed by atoms with Gasteiger partial charge in [0.05, 0.1) is 4.90 Å². The van der Waals surface area contributed by atoms with Crippen molar-refractivity contribution in [3.05, 3.63) is 58.6 Å². The van der Waals surface area contributed by atoms with Gasteiger partial charge in [0, 0.05) is 43.3 Å². The highest BCUT2D eigenvalue weighted by molar-refractivity contribution is 7.89. The van der Waals surface area contributed by atoms with Crippen molar-refractivity contribution in [1.29, 1.82) is 0 Å². The van der Waals surface area contributed by atoms with E-state index in [0.29, 0.717) is 21.8 Å². The topological polar surface area (TPSA) is 95.6 Å². The van der Waals surface area contributed by atoms with Crippen LogP contribution in [0.25, 0.3) is 0 Å². The van der Waals surface area contributed by atoms with Crippen LogP contribution in [0.3, 0.4) is 0 Å². The van der Waals surface area contributed by atoms with Crippen LogP contribution >= 0.6 is 11.6 Å². The van der Waals surface area contributed by atoms with E-state index in [1.54, 1.807) is 43.3 Å². The Bertz CT molecular complexity index is 973. The van der Waals surface area contributed by atoms with Crippen molar-refractivity contribution in [3.63, 3.8) is 0 Å². The van der Waals surface area contributed by atoms with E-state index in [1.165, 1.54) is 20.2 Å². The molecule has 2 amide bonds. The van der Waals surface area contributed by atoms with Crippen molar-refractivity contribution in [2.75, 3.05) is 26.0 Å². The fourth-order valence-electron chi connectivity index (χ4n) is 2.37. The number of amides is 2. The molecule has 0 heterocycles. The third kappa shape index (κ3) is 5.54. The van der Waals surface area contributed by atoms with Crippen molar-refractivity contribution in [2.45, 2.75) is 18.2 Å². The Balaban J connectivity index is 1.94. The molecule has 2 aromatic carbocycles. The molecule has 0 fully saturated rings. The van der Waals surface area contributed by atoms with E-state index in [0.717, 1.165) is 4.31 Å². The van der Waals surface area contributed by atoms with Gasteiger partial charge in [0.2, 0.25) is 15.9 Å². The van der Waals surface area contributed by atoms with Gasteiger partial charge in [-0.15, -0.1) is 0 Å². The fourth-order valence-corrected chi connectivity index (χ4v) is 3.64. The van der Waals surface area contributed by atoms with Gasteiger partial charge in [0.25, 0.3) is 5.91 Å². The Kier molecular flexibility index (Phi) is 7.17. The summed E-state index contributed by atoms with van der Waals surface area (Å²) < 4.78 is 25.8. The summed E-state index contributed by atoms with van der Waals surface area (Å²) in [5, 5.41) is 5.83. The number of benzene rings is 2. The van der Waals surface area contributed by atoms with Crippen LogP contribution in [-0.2, 0) is 14.8 Å². The van der Waals surface area contributed by atoms with Gasteiger partial charge in [-0.1, -0.05) is 17.7 Å². The summed E-state index contributed by atoms with van der Waals surface area (Å²) in [5.41, 5.74) is 1.41. The van der Waals surface area contributed by atoms with Gasteiger partial charge in [-0.2, -0.15) is 0 Å². The highest BCUT2D eigenvalue weighted by Gasteiger charge is 2.20. The Morgan fingerprint density at radius 2 is 1.71 bits per heavy atom. The molecule has 0 aromatic heterocycles. The second-order valence-electron chi connectivity index (χ2n) is 6.33. The molecule has 0 aliphatic carbocycles. The SMILES string of the molecule is Cc1ccc(NC(=O)CCNC(=O)c2ccc(Cl)cc2)cc1S(=O)(=O)N(C)C. The molecule has 0 atom stereocenters. The first-order valence-corrected chi connectivity index (χ1v) is 10.3. The van der Waals surface area contributed by atoms with E-state index < -0.39 is 10.0 Å². The largest absolute Gasteiger partial charge is 0.352 e. The zero-order valence-corrected chi connectivity index (χ0v) is 17.4. The van der Waals surface area contributed by atoms with E-state index >= 15 is 0 Å².